The van der Waals surface area contributed by atoms with Crippen LogP contribution in [0, 0.1) is 0 Å². The number of piperidine rings is 1. The van der Waals surface area contributed by atoms with E-state index in [2.05, 4.69) is 74.6 Å². The van der Waals surface area contributed by atoms with Gasteiger partial charge in [-0.1, -0.05) is 18.2 Å². The standard InChI is InChI=1S/C32H42N8O/c1-4-33-26-7-5-6-8-27(26)36-32-31-28(11-14-34-31)35-30(37-32)21-23-9-10-25(22-29(23)41-3)39-15-12-24(13-16-39)40-19-17-38(2)18-20-40/h5-11,14,22,24,33-34H,4,12-13,15-21H2,1-3H3,(H,35,36,37). The lowest BCUT2D eigenvalue weighted by Gasteiger charge is -2.42. The van der Waals surface area contributed by atoms with Crippen LogP contribution < -0.4 is 20.3 Å². The highest BCUT2D eigenvalue weighted by atomic mass is 16.5. The van der Waals surface area contributed by atoms with E-state index < -0.39 is 0 Å². The molecule has 0 aliphatic carbocycles. The van der Waals surface area contributed by atoms with Crippen molar-refractivity contribution in [3.05, 3.63) is 66.1 Å². The van der Waals surface area contributed by atoms with E-state index in [-0.39, 0.29) is 0 Å². The molecule has 0 amide bonds. The molecule has 41 heavy (non-hydrogen) atoms. The third kappa shape index (κ3) is 6.11. The van der Waals surface area contributed by atoms with Crippen molar-refractivity contribution < 1.29 is 4.74 Å². The lowest BCUT2D eigenvalue weighted by atomic mass is 10.0. The Morgan fingerprint density at radius 1 is 0.951 bits per heavy atom. The molecule has 9 nitrogen and oxygen atoms in total. The molecule has 2 aliphatic rings. The topological polar surface area (TPSA) is 84.6 Å². The van der Waals surface area contributed by atoms with Gasteiger partial charge in [0.2, 0.25) is 0 Å². The minimum absolute atomic E-state index is 0.583. The maximum absolute atomic E-state index is 5.89. The molecule has 2 aromatic carbocycles. The Bertz CT molecular complexity index is 1450. The number of hydrogen-bond donors (Lipinski definition) is 3. The van der Waals surface area contributed by atoms with Gasteiger partial charge in [-0.3, -0.25) is 4.90 Å². The van der Waals surface area contributed by atoms with Crippen LogP contribution in [0.25, 0.3) is 11.0 Å². The Morgan fingerprint density at radius 3 is 2.49 bits per heavy atom. The van der Waals surface area contributed by atoms with Gasteiger partial charge in [-0.25, -0.2) is 9.97 Å². The van der Waals surface area contributed by atoms with E-state index in [1.165, 1.54) is 44.7 Å². The predicted molar refractivity (Wildman–Crippen MR) is 168 cm³/mol. The van der Waals surface area contributed by atoms with E-state index in [0.717, 1.165) is 65.0 Å². The summed E-state index contributed by atoms with van der Waals surface area (Å²) in [6, 6.07) is 17.5. The maximum Gasteiger partial charge on any atom is 0.158 e. The van der Waals surface area contributed by atoms with Gasteiger partial charge in [-0.15, -0.1) is 0 Å². The predicted octanol–water partition coefficient (Wildman–Crippen LogP) is 4.95. The number of H-pyrrole nitrogens is 1. The Hall–Kier alpha value is -3.82. The van der Waals surface area contributed by atoms with Gasteiger partial charge >= 0.3 is 0 Å². The molecule has 0 bridgehead atoms. The molecule has 216 valence electrons. The van der Waals surface area contributed by atoms with Crippen molar-refractivity contribution in [1.29, 1.82) is 0 Å². The summed E-state index contributed by atoms with van der Waals surface area (Å²) >= 11 is 0. The number of rotatable bonds is 9. The van der Waals surface area contributed by atoms with Crippen LogP contribution in [0.3, 0.4) is 0 Å². The normalized spacial score (nSPS) is 17.2. The molecule has 4 heterocycles. The molecule has 2 saturated heterocycles. The van der Waals surface area contributed by atoms with E-state index >= 15 is 0 Å². The number of methoxy groups -OCH3 is 1. The number of aromatic nitrogens is 3. The minimum Gasteiger partial charge on any atom is -0.496 e. The van der Waals surface area contributed by atoms with Crippen molar-refractivity contribution in [1.82, 2.24) is 24.8 Å². The third-order valence-electron chi connectivity index (χ3n) is 8.50. The van der Waals surface area contributed by atoms with Crippen molar-refractivity contribution in [2.45, 2.75) is 32.2 Å². The van der Waals surface area contributed by atoms with Gasteiger partial charge in [-0.2, -0.15) is 0 Å². The molecule has 6 rings (SSSR count). The molecule has 2 aromatic heterocycles. The first kappa shape index (κ1) is 27.4. The fraction of sp³-hybridized carbons (Fsp3) is 0.438. The SMILES string of the molecule is CCNc1ccccc1Nc1nc(Cc2ccc(N3CCC(N4CCN(C)CC4)CC3)cc2OC)nc2cc[nH]c12. The summed E-state index contributed by atoms with van der Waals surface area (Å²) in [7, 11) is 3.98. The van der Waals surface area contributed by atoms with Crippen LogP contribution in [0.2, 0.25) is 0 Å². The number of nitrogens with one attached hydrogen (secondary N) is 3. The van der Waals surface area contributed by atoms with Crippen molar-refractivity contribution in [2.24, 2.45) is 0 Å². The van der Waals surface area contributed by atoms with Crippen molar-refractivity contribution >= 4 is 33.9 Å². The zero-order valence-electron chi connectivity index (χ0n) is 24.5. The van der Waals surface area contributed by atoms with Crippen molar-refractivity contribution in [3.8, 4) is 5.75 Å². The molecule has 0 unspecified atom stereocenters. The monoisotopic (exact) mass is 554 g/mol. The number of ether oxygens (including phenoxy) is 1. The number of likely N-dealkylation sites (N-methyl/N-ethyl adjacent to an activating group) is 1. The second-order valence-electron chi connectivity index (χ2n) is 11.2. The number of anilines is 4. The van der Waals surface area contributed by atoms with Gasteiger partial charge in [0.15, 0.2) is 5.82 Å². The van der Waals surface area contributed by atoms with Gasteiger partial charge in [0.05, 0.1) is 24.0 Å². The van der Waals surface area contributed by atoms with E-state index in [9.17, 15) is 0 Å². The van der Waals surface area contributed by atoms with E-state index in [0.29, 0.717) is 12.5 Å². The number of fused-ring (bicyclic) bond motifs is 1. The summed E-state index contributed by atoms with van der Waals surface area (Å²) in [6.45, 7) is 9.85. The van der Waals surface area contributed by atoms with E-state index in [4.69, 9.17) is 14.7 Å². The summed E-state index contributed by atoms with van der Waals surface area (Å²) in [6.07, 6.45) is 4.92. The molecular weight excluding hydrogens is 512 g/mol. The Morgan fingerprint density at radius 2 is 1.73 bits per heavy atom. The number of hydrogen-bond acceptors (Lipinski definition) is 8. The average molecular weight is 555 g/mol. The van der Waals surface area contributed by atoms with Crippen molar-refractivity contribution in [3.63, 3.8) is 0 Å². The Labute approximate surface area is 242 Å². The maximum atomic E-state index is 5.89. The van der Waals surface area contributed by atoms with Crippen molar-refractivity contribution in [2.75, 3.05) is 75.5 Å². The van der Waals surface area contributed by atoms with Crippen LogP contribution >= 0.6 is 0 Å². The fourth-order valence-electron chi connectivity index (χ4n) is 6.15. The highest BCUT2D eigenvalue weighted by Crippen LogP contribution is 2.32. The Kier molecular flexibility index (Phi) is 8.25. The first-order valence-corrected chi connectivity index (χ1v) is 14.9. The molecule has 0 radical (unpaired) electrons. The molecule has 0 saturated carbocycles. The first-order chi connectivity index (χ1) is 20.1. The van der Waals surface area contributed by atoms with Crippen LogP contribution in [0.4, 0.5) is 22.9 Å². The summed E-state index contributed by atoms with van der Waals surface area (Å²) in [5, 5.41) is 6.95. The molecule has 2 aliphatic heterocycles. The molecule has 2 fully saturated rings. The second-order valence-corrected chi connectivity index (χ2v) is 11.2. The molecule has 9 heteroatoms. The summed E-state index contributed by atoms with van der Waals surface area (Å²) in [4.78, 5) is 20.8. The number of nitrogens with zero attached hydrogens (tertiary/aromatic N) is 5. The van der Waals surface area contributed by atoms with Gasteiger partial charge in [0.25, 0.3) is 0 Å². The molecule has 0 atom stereocenters. The van der Waals surface area contributed by atoms with Crippen LogP contribution in [-0.4, -0.2) is 90.8 Å². The quantitative estimate of drug-likeness (QED) is 0.268. The molecule has 0 spiro atoms. The molecule has 3 N–H and O–H groups in total. The first-order valence-electron chi connectivity index (χ1n) is 14.9. The number of para-hydroxylation sites is 2. The van der Waals surface area contributed by atoms with Crippen LogP contribution in [0.5, 0.6) is 5.75 Å². The van der Waals surface area contributed by atoms with Crippen LogP contribution in [-0.2, 0) is 6.42 Å². The minimum atomic E-state index is 0.583. The highest BCUT2D eigenvalue weighted by Gasteiger charge is 2.27. The summed E-state index contributed by atoms with van der Waals surface area (Å²) in [5.74, 6) is 2.40. The Balaban J connectivity index is 1.18. The van der Waals surface area contributed by atoms with Gasteiger partial charge in [0, 0.05) is 81.8 Å². The van der Waals surface area contributed by atoms with Gasteiger partial charge in [0.1, 0.15) is 17.1 Å². The summed E-state index contributed by atoms with van der Waals surface area (Å²) < 4.78 is 5.89. The number of aromatic amines is 1. The smallest absolute Gasteiger partial charge is 0.158 e. The highest BCUT2D eigenvalue weighted by molar-refractivity contribution is 5.89. The number of piperazine rings is 1. The number of benzene rings is 2. The third-order valence-corrected chi connectivity index (χ3v) is 8.50. The van der Waals surface area contributed by atoms with Gasteiger partial charge < -0.3 is 30.2 Å². The largest absolute Gasteiger partial charge is 0.496 e. The average Bonchev–Trinajstić information content (AvgIpc) is 3.48. The lowest BCUT2D eigenvalue weighted by Crippen LogP contribution is -2.52. The van der Waals surface area contributed by atoms with E-state index in [1.54, 1.807) is 7.11 Å². The van der Waals surface area contributed by atoms with Gasteiger partial charge in [-0.05, 0) is 51.1 Å². The zero-order chi connectivity index (χ0) is 28.2. The fourth-order valence-corrected chi connectivity index (χ4v) is 6.15. The second kappa shape index (κ2) is 12.4. The molecule has 4 aromatic rings. The van der Waals surface area contributed by atoms with Crippen LogP contribution in [0.15, 0.2) is 54.7 Å². The molecular formula is C32H42N8O. The van der Waals surface area contributed by atoms with E-state index in [1.807, 2.05) is 24.4 Å². The van der Waals surface area contributed by atoms with Crippen LogP contribution in [0.1, 0.15) is 31.2 Å². The zero-order valence-corrected chi connectivity index (χ0v) is 24.5. The summed E-state index contributed by atoms with van der Waals surface area (Å²) in [5.41, 5.74) is 6.11. The lowest BCUT2D eigenvalue weighted by molar-refractivity contribution is 0.0982.